The first-order valence-corrected chi connectivity index (χ1v) is 10.2. The van der Waals surface area contributed by atoms with E-state index in [-0.39, 0.29) is 18.0 Å². The summed E-state index contributed by atoms with van der Waals surface area (Å²) >= 11 is 1.67. The summed E-state index contributed by atoms with van der Waals surface area (Å²) in [5, 5.41) is 3.72. The lowest BCUT2D eigenvalue weighted by atomic mass is 10.1. The maximum atomic E-state index is 11.8. The third-order valence-electron chi connectivity index (χ3n) is 4.65. The molecule has 7 nitrogen and oxygen atoms in total. The molecule has 3 heterocycles. The SMILES string of the molecule is CNC(=O)c1cc(Oc2ccc3c(C)c(C4N=C(C(C)C)ON4)sc3c2)ccn1. The Morgan fingerprint density at radius 1 is 1.28 bits per heavy atom. The fourth-order valence-electron chi connectivity index (χ4n) is 3.09. The Hall–Kier alpha value is -2.97. The molecule has 0 aliphatic carbocycles. The van der Waals surface area contributed by atoms with Crippen molar-refractivity contribution in [3.05, 3.63) is 52.7 Å². The van der Waals surface area contributed by atoms with Crippen LogP contribution in [0.4, 0.5) is 0 Å². The van der Waals surface area contributed by atoms with Crippen LogP contribution in [0.1, 0.15) is 40.9 Å². The molecule has 0 bridgehead atoms. The van der Waals surface area contributed by atoms with E-state index in [1.165, 1.54) is 5.56 Å². The molecule has 150 valence electrons. The monoisotopic (exact) mass is 410 g/mol. The topological polar surface area (TPSA) is 84.8 Å². The Labute approximate surface area is 172 Å². The number of thiophene rings is 1. The van der Waals surface area contributed by atoms with Crippen LogP contribution in [-0.4, -0.2) is 23.8 Å². The van der Waals surface area contributed by atoms with Crippen molar-refractivity contribution < 1.29 is 14.4 Å². The molecule has 0 spiro atoms. The molecule has 0 radical (unpaired) electrons. The molecule has 4 rings (SSSR count). The fourth-order valence-corrected chi connectivity index (χ4v) is 4.31. The lowest BCUT2D eigenvalue weighted by Crippen LogP contribution is -2.18. The van der Waals surface area contributed by atoms with Gasteiger partial charge in [-0.1, -0.05) is 13.8 Å². The van der Waals surface area contributed by atoms with Crippen LogP contribution in [-0.2, 0) is 4.84 Å². The average molecular weight is 410 g/mol. The molecule has 0 fully saturated rings. The van der Waals surface area contributed by atoms with E-state index >= 15 is 0 Å². The standard InChI is InChI=1S/C21H22N4O3S/c1-11(2)21-24-19(25-28-21)18-12(3)15-6-5-13(10-17(15)29-18)27-14-7-8-23-16(9-14)20(26)22-4/h5-11,19,25H,1-4H3,(H,22,26). The number of ether oxygens (including phenoxy) is 1. The van der Waals surface area contributed by atoms with E-state index in [1.54, 1.807) is 36.7 Å². The number of aromatic nitrogens is 1. The molecule has 1 aliphatic rings. The van der Waals surface area contributed by atoms with Crippen LogP contribution in [0.25, 0.3) is 10.1 Å². The van der Waals surface area contributed by atoms with Crippen LogP contribution in [0.3, 0.4) is 0 Å². The van der Waals surface area contributed by atoms with Crippen molar-refractivity contribution in [2.75, 3.05) is 7.05 Å². The number of hydroxylamine groups is 1. The molecule has 29 heavy (non-hydrogen) atoms. The van der Waals surface area contributed by atoms with Gasteiger partial charge in [-0.15, -0.1) is 16.8 Å². The molecule has 1 amide bonds. The van der Waals surface area contributed by atoms with Gasteiger partial charge in [0.05, 0.1) is 4.88 Å². The summed E-state index contributed by atoms with van der Waals surface area (Å²) < 4.78 is 7.07. The number of aliphatic imine (C=N–C) groups is 1. The second-order valence-corrected chi connectivity index (χ2v) is 8.14. The molecule has 3 aromatic rings. The van der Waals surface area contributed by atoms with Gasteiger partial charge in [0, 0.05) is 29.9 Å². The number of hydrogen-bond acceptors (Lipinski definition) is 7. The zero-order chi connectivity index (χ0) is 20.5. The van der Waals surface area contributed by atoms with Gasteiger partial charge < -0.3 is 14.9 Å². The molecule has 1 atom stereocenters. The number of hydrogen-bond donors (Lipinski definition) is 2. The number of amides is 1. The highest BCUT2D eigenvalue weighted by Gasteiger charge is 2.26. The zero-order valence-electron chi connectivity index (χ0n) is 16.6. The van der Waals surface area contributed by atoms with E-state index in [2.05, 4.69) is 41.5 Å². The quantitative estimate of drug-likeness (QED) is 0.653. The predicted octanol–water partition coefficient (Wildman–Crippen LogP) is 4.34. The maximum Gasteiger partial charge on any atom is 0.269 e. The summed E-state index contributed by atoms with van der Waals surface area (Å²) in [4.78, 5) is 27.1. The van der Waals surface area contributed by atoms with Crippen LogP contribution in [0.15, 0.2) is 41.5 Å². The minimum atomic E-state index is -0.253. The molecular weight excluding hydrogens is 388 g/mol. The molecule has 0 saturated heterocycles. The molecule has 1 aliphatic heterocycles. The van der Waals surface area contributed by atoms with E-state index < -0.39 is 0 Å². The van der Waals surface area contributed by atoms with Crippen molar-refractivity contribution in [1.82, 2.24) is 15.8 Å². The van der Waals surface area contributed by atoms with E-state index in [9.17, 15) is 4.79 Å². The second-order valence-electron chi connectivity index (χ2n) is 7.05. The summed E-state index contributed by atoms with van der Waals surface area (Å²) in [7, 11) is 1.57. The Kier molecular flexibility index (Phi) is 5.21. The van der Waals surface area contributed by atoms with Crippen molar-refractivity contribution in [3.63, 3.8) is 0 Å². The minimum absolute atomic E-state index is 0.190. The number of pyridine rings is 1. The third kappa shape index (κ3) is 3.81. The molecule has 2 aromatic heterocycles. The Morgan fingerprint density at radius 3 is 2.79 bits per heavy atom. The summed E-state index contributed by atoms with van der Waals surface area (Å²) in [5.74, 6) is 1.96. The number of carbonyl (C=O) groups excluding carboxylic acids is 1. The molecule has 2 N–H and O–H groups in total. The smallest absolute Gasteiger partial charge is 0.269 e. The van der Waals surface area contributed by atoms with Gasteiger partial charge >= 0.3 is 0 Å². The summed E-state index contributed by atoms with van der Waals surface area (Å²) in [6.45, 7) is 6.20. The van der Waals surface area contributed by atoms with Gasteiger partial charge in [0.1, 0.15) is 17.2 Å². The Morgan fingerprint density at radius 2 is 2.07 bits per heavy atom. The highest BCUT2D eigenvalue weighted by atomic mass is 32.1. The van der Waals surface area contributed by atoms with Crippen molar-refractivity contribution >= 4 is 33.2 Å². The Bertz CT molecular complexity index is 1110. The number of benzene rings is 1. The highest BCUT2D eigenvalue weighted by Crippen LogP contribution is 2.39. The first kappa shape index (κ1) is 19.4. The lowest BCUT2D eigenvalue weighted by Gasteiger charge is -2.07. The maximum absolute atomic E-state index is 11.8. The fraction of sp³-hybridized carbons (Fsp3) is 0.286. The number of aryl methyl sites for hydroxylation is 1. The summed E-state index contributed by atoms with van der Waals surface area (Å²) in [6, 6.07) is 9.32. The van der Waals surface area contributed by atoms with Gasteiger partial charge in [0.15, 0.2) is 6.17 Å². The van der Waals surface area contributed by atoms with Crippen LogP contribution in [0.2, 0.25) is 0 Å². The summed E-state index contributed by atoms with van der Waals surface area (Å²) in [5.41, 5.74) is 4.50. The van der Waals surface area contributed by atoms with Crippen molar-refractivity contribution in [1.29, 1.82) is 0 Å². The van der Waals surface area contributed by atoms with Gasteiger partial charge in [-0.05, 0) is 42.1 Å². The number of rotatable bonds is 5. The van der Waals surface area contributed by atoms with Gasteiger partial charge in [-0.25, -0.2) is 4.99 Å². The van der Waals surface area contributed by atoms with Gasteiger partial charge in [0.25, 0.3) is 5.91 Å². The summed E-state index contributed by atoms with van der Waals surface area (Å²) in [6.07, 6.45) is 1.37. The van der Waals surface area contributed by atoms with Crippen molar-refractivity contribution in [3.8, 4) is 11.5 Å². The van der Waals surface area contributed by atoms with E-state index in [0.717, 1.165) is 20.9 Å². The van der Waals surface area contributed by atoms with Crippen LogP contribution >= 0.6 is 11.3 Å². The van der Waals surface area contributed by atoms with Crippen LogP contribution in [0.5, 0.6) is 11.5 Å². The first-order valence-electron chi connectivity index (χ1n) is 9.35. The average Bonchev–Trinajstić information content (AvgIpc) is 3.32. The van der Waals surface area contributed by atoms with Gasteiger partial charge in [0.2, 0.25) is 5.90 Å². The molecule has 8 heteroatoms. The zero-order valence-corrected chi connectivity index (χ0v) is 17.5. The largest absolute Gasteiger partial charge is 0.457 e. The van der Waals surface area contributed by atoms with Crippen molar-refractivity contribution in [2.45, 2.75) is 26.9 Å². The third-order valence-corrected chi connectivity index (χ3v) is 5.95. The van der Waals surface area contributed by atoms with E-state index in [1.807, 2.05) is 18.2 Å². The Balaban J connectivity index is 1.61. The van der Waals surface area contributed by atoms with Gasteiger partial charge in [-0.3, -0.25) is 9.78 Å². The molecular formula is C21H22N4O3S. The normalized spacial score (nSPS) is 16.0. The van der Waals surface area contributed by atoms with Crippen LogP contribution < -0.4 is 15.5 Å². The van der Waals surface area contributed by atoms with Gasteiger partial charge in [-0.2, -0.15) is 0 Å². The number of carbonyl (C=O) groups is 1. The van der Waals surface area contributed by atoms with Crippen molar-refractivity contribution in [2.24, 2.45) is 10.9 Å². The first-order chi connectivity index (χ1) is 14.0. The number of fused-ring (bicyclic) bond motifs is 1. The number of nitrogens with one attached hydrogen (secondary N) is 2. The van der Waals surface area contributed by atoms with E-state index in [0.29, 0.717) is 17.2 Å². The minimum Gasteiger partial charge on any atom is -0.457 e. The lowest BCUT2D eigenvalue weighted by molar-refractivity contribution is 0.0958. The molecule has 1 aromatic carbocycles. The molecule has 1 unspecified atom stereocenters. The predicted molar refractivity (Wildman–Crippen MR) is 113 cm³/mol. The number of nitrogens with zero attached hydrogens (tertiary/aromatic N) is 2. The molecule has 0 saturated carbocycles. The van der Waals surface area contributed by atoms with Crippen LogP contribution in [0, 0.1) is 12.8 Å². The second kappa shape index (κ2) is 7.81. The van der Waals surface area contributed by atoms with E-state index in [4.69, 9.17) is 9.57 Å². The highest BCUT2D eigenvalue weighted by molar-refractivity contribution is 7.19.